The predicted molar refractivity (Wildman–Crippen MR) is 44.7 cm³/mol. The first-order valence-corrected chi connectivity index (χ1v) is 3.76. The molecule has 0 spiro atoms. The van der Waals surface area contributed by atoms with Crippen LogP contribution in [0.25, 0.3) is 0 Å². The van der Waals surface area contributed by atoms with Crippen LogP contribution in [0, 0.1) is 10.1 Å². The summed E-state index contributed by atoms with van der Waals surface area (Å²) >= 11 is 5.45. The van der Waals surface area contributed by atoms with Crippen LogP contribution in [0.1, 0.15) is 0 Å². The second kappa shape index (κ2) is 4.19. The van der Waals surface area contributed by atoms with Crippen molar-refractivity contribution in [3.8, 4) is 5.75 Å². The van der Waals surface area contributed by atoms with Gasteiger partial charge in [0.2, 0.25) is 0 Å². The smallest absolute Gasteiger partial charge is 0.387 e. The minimum Gasteiger partial charge on any atom is -0.435 e. The van der Waals surface area contributed by atoms with Gasteiger partial charge in [0.05, 0.1) is 16.0 Å². The van der Waals surface area contributed by atoms with Gasteiger partial charge in [-0.15, -0.1) is 0 Å². The zero-order chi connectivity index (χ0) is 10.7. The largest absolute Gasteiger partial charge is 0.435 e. The average Bonchev–Trinajstić information content (AvgIpc) is 2.01. The predicted octanol–water partition coefficient (Wildman–Crippen LogP) is 2.85. The molecule has 0 aliphatic carbocycles. The molecule has 0 aromatic heterocycles. The van der Waals surface area contributed by atoms with Gasteiger partial charge in [-0.05, 0) is 6.07 Å². The first-order valence-electron chi connectivity index (χ1n) is 3.39. The van der Waals surface area contributed by atoms with Gasteiger partial charge in [-0.2, -0.15) is 8.78 Å². The van der Waals surface area contributed by atoms with E-state index in [1.54, 1.807) is 0 Å². The molecule has 0 aliphatic rings. The molecule has 0 saturated heterocycles. The lowest BCUT2D eigenvalue weighted by Crippen LogP contribution is -2.02. The number of benzene rings is 1. The van der Waals surface area contributed by atoms with E-state index in [0.29, 0.717) is 0 Å². The number of rotatable bonds is 3. The molecule has 0 unspecified atom stereocenters. The standard InChI is InChI=1S/C7H4ClF2NO3/c8-4-1-5(11(12)13)3-6(2-4)14-7(9)10/h1-3,7H. The number of nitro benzene ring substituents is 1. The number of hydrogen-bond acceptors (Lipinski definition) is 3. The van der Waals surface area contributed by atoms with Crippen molar-refractivity contribution in [1.29, 1.82) is 0 Å². The molecule has 0 atom stereocenters. The number of nitrogens with zero attached hydrogens (tertiary/aromatic N) is 1. The summed E-state index contributed by atoms with van der Waals surface area (Å²) in [6.45, 7) is -3.03. The van der Waals surface area contributed by atoms with Crippen LogP contribution in [0.15, 0.2) is 18.2 Å². The number of halogens is 3. The van der Waals surface area contributed by atoms with E-state index in [2.05, 4.69) is 4.74 Å². The fraction of sp³-hybridized carbons (Fsp3) is 0.143. The summed E-state index contributed by atoms with van der Waals surface area (Å²) in [6.07, 6.45) is 0. The molecule has 0 radical (unpaired) electrons. The van der Waals surface area contributed by atoms with Crippen molar-refractivity contribution in [3.63, 3.8) is 0 Å². The summed E-state index contributed by atoms with van der Waals surface area (Å²) in [6, 6.07) is 2.98. The van der Waals surface area contributed by atoms with Crippen LogP contribution in [-0.2, 0) is 0 Å². The second-order valence-electron chi connectivity index (χ2n) is 2.28. The molecule has 76 valence electrons. The molecule has 4 nitrogen and oxygen atoms in total. The Labute approximate surface area is 82.2 Å². The van der Waals surface area contributed by atoms with Gasteiger partial charge >= 0.3 is 6.61 Å². The molecule has 0 bridgehead atoms. The zero-order valence-electron chi connectivity index (χ0n) is 6.62. The molecule has 1 aromatic carbocycles. The fourth-order valence-electron chi connectivity index (χ4n) is 0.824. The van der Waals surface area contributed by atoms with E-state index in [1.807, 2.05) is 0 Å². The van der Waals surface area contributed by atoms with Crippen molar-refractivity contribution in [2.24, 2.45) is 0 Å². The van der Waals surface area contributed by atoms with Crippen molar-refractivity contribution in [3.05, 3.63) is 33.3 Å². The quantitative estimate of drug-likeness (QED) is 0.585. The maximum atomic E-state index is 11.7. The summed E-state index contributed by atoms with van der Waals surface area (Å²) in [5, 5.41) is 10.3. The Morgan fingerprint density at radius 3 is 2.57 bits per heavy atom. The minimum absolute atomic E-state index is 0.0325. The number of non-ortho nitro benzene ring substituents is 1. The molecule has 0 fully saturated rings. The first-order chi connectivity index (χ1) is 6.49. The monoisotopic (exact) mass is 223 g/mol. The molecule has 0 heterocycles. The van der Waals surface area contributed by atoms with Gasteiger partial charge < -0.3 is 4.74 Å². The number of ether oxygens (including phenoxy) is 1. The molecule has 0 amide bonds. The second-order valence-corrected chi connectivity index (χ2v) is 2.72. The normalized spacial score (nSPS) is 10.3. The Morgan fingerprint density at radius 2 is 2.07 bits per heavy atom. The minimum atomic E-state index is -3.03. The van der Waals surface area contributed by atoms with Gasteiger partial charge in [0, 0.05) is 6.07 Å². The van der Waals surface area contributed by atoms with E-state index in [0.717, 1.165) is 18.2 Å². The Morgan fingerprint density at radius 1 is 1.43 bits per heavy atom. The maximum Gasteiger partial charge on any atom is 0.387 e. The number of hydrogen-bond donors (Lipinski definition) is 0. The van der Waals surface area contributed by atoms with Crippen LogP contribution in [0.5, 0.6) is 5.75 Å². The summed E-state index contributed by atoms with van der Waals surface area (Å²) in [7, 11) is 0. The van der Waals surface area contributed by atoms with Crippen molar-refractivity contribution >= 4 is 17.3 Å². The van der Waals surface area contributed by atoms with Crippen molar-refractivity contribution in [2.45, 2.75) is 6.61 Å². The highest BCUT2D eigenvalue weighted by Gasteiger charge is 2.12. The summed E-state index contributed by atoms with van der Waals surface area (Å²) in [5.41, 5.74) is -0.395. The molecule has 0 aliphatic heterocycles. The van der Waals surface area contributed by atoms with E-state index in [4.69, 9.17) is 11.6 Å². The van der Waals surface area contributed by atoms with Gasteiger partial charge in [-0.1, -0.05) is 11.6 Å². The van der Waals surface area contributed by atoms with E-state index < -0.39 is 17.2 Å². The Balaban J connectivity index is 3.01. The van der Waals surface area contributed by atoms with Crippen LogP contribution in [-0.4, -0.2) is 11.5 Å². The molecule has 1 rings (SSSR count). The summed E-state index contributed by atoms with van der Waals surface area (Å²) in [5.74, 6) is -0.334. The lowest BCUT2D eigenvalue weighted by Gasteiger charge is -2.03. The SMILES string of the molecule is O=[N+]([O-])c1cc(Cl)cc(OC(F)F)c1. The Hall–Kier alpha value is -1.43. The van der Waals surface area contributed by atoms with E-state index in [-0.39, 0.29) is 10.8 Å². The molecular formula is C7H4ClF2NO3. The van der Waals surface area contributed by atoms with Crippen molar-refractivity contribution in [2.75, 3.05) is 0 Å². The third-order valence-corrected chi connectivity index (χ3v) is 1.51. The summed E-state index contributed by atoms with van der Waals surface area (Å²) in [4.78, 5) is 9.55. The van der Waals surface area contributed by atoms with E-state index in [9.17, 15) is 18.9 Å². The van der Waals surface area contributed by atoms with Crippen LogP contribution in [0.2, 0.25) is 5.02 Å². The highest BCUT2D eigenvalue weighted by Crippen LogP contribution is 2.26. The van der Waals surface area contributed by atoms with Gasteiger partial charge in [-0.25, -0.2) is 0 Å². The molecule has 7 heteroatoms. The fourth-order valence-corrected chi connectivity index (χ4v) is 1.04. The molecule has 1 aromatic rings. The Kier molecular flexibility index (Phi) is 3.19. The average molecular weight is 224 g/mol. The van der Waals surface area contributed by atoms with Crippen LogP contribution >= 0.6 is 11.6 Å². The number of alkyl halides is 2. The molecule has 0 N–H and O–H groups in total. The van der Waals surface area contributed by atoms with Gasteiger partial charge in [0.25, 0.3) is 5.69 Å². The highest BCUT2D eigenvalue weighted by molar-refractivity contribution is 6.30. The van der Waals surface area contributed by atoms with Crippen LogP contribution in [0.3, 0.4) is 0 Å². The molecule has 0 saturated carbocycles. The van der Waals surface area contributed by atoms with Crippen LogP contribution in [0.4, 0.5) is 14.5 Å². The maximum absolute atomic E-state index is 11.7. The topological polar surface area (TPSA) is 52.4 Å². The molecular weight excluding hydrogens is 220 g/mol. The lowest BCUT2D eigenvalue weighted by atomic mass is 10.3. The number of nitro groups is 1. The third-order valence-electron chi connectivity index (χ3n) is 1.29. The zero-order valence-corrected chi connectivity index (χ0v) is 7.37. The third kappa shape index (κ3) is 2.81. The van der Waals surface area contributed by atoms with Crippen molar-refractivity contribution in [1.82, 2.24) is 0 Å². The van der Waals surface area contributed by atoms with Crippen molar-refractivity contribution < 1.29 is 18.4 Å². The first kappa shape index (κ1) is 10.6. The highest BCUT2D eigenvalue weighted by atomic mass is 35.5. The van der Waals surface area contributed by atoms with Gasteiger partial charge in [-0.3, -0.25) is 10.1 Å². The molecule has 14 heavy (non-hydrogen) atoms. The van der Waals surface area contributed by atoms with E-state index in [1.165, 1.54) is 0 Å². The van der Waals surface area contributed by atoms with Crippen LogP contribution < -0.4 is 4.74 Å². The van der Waals surface area contributed by atoms with E-state index >= 15 is 0 Å². The van der Waals surface area contributed by atoms with Gasteiger partial charge in [0.1, 0.15) is 5.75 Å². The van der Waals surface area contributed by atoms with Gasteiger partial charge in [0.15, 0.2) is 0 Å². The lowest BCUT2D eigenvalue weighted by molar-refractivity contribution is -0.385. The summed E-state index contributed by atoms with van der Waals surface area (Å²) < 4.78 is 27.5. The Bertz CT molecular complexity index is 359.